The number of benzene rings is 2. The summed E-state index contributed by atoms with van der Waals surface area (Å²) in [7, 11) is 3.05. The van der Waals surface area contributed by atoms with Gasteiger partial charge in [0.2, 0.25) is 0 Å². The molecule has 0 saturated carbocycles. The van der Waals surface area contributed by atoms with Crippen LogP contribution in [0, 0.1) is 12.7 Å². The molecule has 20 heavy (non-hydrogen) atoms. The lowest BCUT2D eigenvalue weighted by Crippen LogP contribution is -2.05. The molecule has 0 fully saturated rings. The summed E-state index contributed by atoms with van der Waals surface area (Å²) in [4.78, 5) is 0. The Bertz CT molecular complexity index is 557. The summed E-state index contributed by atoms with van der Waals surface area (Å²) in [6.07, 6.45) is -1.02. The van der Waals surface area contributed by atoms with E-state index in [9.17, 15) is 9.50 Å². The maximum absolute atomic E-state index is 14.0. The minimum absolute atomic E-state index is 0.221. The molecule has 3 nitrogen and oxygen atoms in total. The third-order valence-corrected chi connectivity index (χ3v) is 3.27. The lowest BCUT2D eigenvalue weighted by Gasteiger charge is -2.16. The highest BCUT2D eigenvalue weighted by Gasteiger charge is 2.17. The summed E-state index contributed by atoms with van der Waals surface area (Å²) >= 11 is 0. The van der Waals surface area contributed by atoms with E-state index in [1.807, 2.05) is 6.92 Å². The third-order valence-electron chi connectivity index (χ3n) is 3.27. The standard InChI is InChI=1S/C16H17FO3/c1-10-8-11(19-2)4-6-13(10)16(18)14-7-5-12(20-3)9-15(14)17/h4-9,16,18H,1-3H3/t16-/m1/s1. The molecule has 0 aromatic heterocycles. The normalized spacial score (nSPS) is 12.1. The fraction of sp³-hybridized carbons (Fsp3) is 0.250. The Labute approximate surface area is 117 Å². The van der Waals surface area contributed by atoms with Crippen LogP contribution in [-0.4, -0.2) is 19.3 Å². The number of methoxy groups -OCH3 is 2. The number of rotatable bonds is 4. The van der Waals surface area contributed by atoms with Gasteiger partial charge < -0.3 is 14.6 Å². The second kappa shape index (κ2) is 5.92. The Morgan fingerprint density at radius 2 is 1.50 bits per heavy atom. The van der Waals surface area contributed by atoms with E-state index in [1.165, 1.54) is 19.2 Å². The van der Waals surface area contributed by atoms with E-state index in [4.69, 9.17) is 9.47 Å². The van der Waals surface area contributed by atoms with Crippen LogP contribution < -0.4 is 9.47 Å². The SMILES string of the molecule is COc1ccc([C@@H](O)c2ccc(OC)cc2F)c(C)c1. The molecule has 0 bridgehead atoms. The summed E-state index contributed by atoms with van der Waals surface area (Å²) in [5.41, 5.74) is 1.71. The molecule has 0 aliphatic heterocycles. The first-order valence-corrected chi connectivity index (χ1v) is 6.23. The van der Waals surface area contributed by atoms with Crippen LogP contribution in [0.5, 0.6) is 11.5 Å². The van der Waals surface area contributed by atoms with Gasteiger partial charge in [0.05, 0.1) is 14.2 Å². The van der Waals surface area contributed by atoms with Gasteiger partial charge in [-0.2, -0.15) is 0 Å². The van der Waals surface area contributed by atoms with Crippen molar-refractivity contribution in [3.05, 3.63) is 58.9 Å². The summed E-state index contributed by atoms with van der Waals surface area (Å²) in [6, 6.07) is 9.70. The van der Waals surface area contributed by atoms with Gasteiger partial charge in [0.15, 0.2) is 0 Å². The topological polar surface area (TPSA) is 38.7 Å². The van der Waals surface area contributed by atoms with E-state index in [-0.39, 0.29) is 5.56 Å². The first-order valence-electron chi connectivity index (χ1n) is 6.23. The van der Waals surface area contributed by atoms with Crippen molar-refractivity contribution < 1.29 is 19.0 Å². The summed E-state index contributed by atoms with van der Waals surface area (Å²) in [5.74, 6) is 0.630. The van der Waals surface area contributed by atoms with Gasteiger partial charge >= 0.3 is 0 Å². The van der Waals surface area contributed by atoms with E-state index < -0.39 is 11.9 Å². The van der Waals surface area contributed by atoms with Crippen LogP contribution in [0.25, 0.3) is 0 Å². The van der Waals surface area contributed by atoms with Crippen molar-refractivity contribution >= 4 is 0 Å². The van der Waals surface area contributed by atoms with Gasteiger partial charge in [0.1, 0.15) is 23.4 Å². The molecule has 0 aliphatic carbocycles. The van der Waals surface area contributed by atoms with Crippen molar-refractivity contribution in [1.82, 2.24) is 0 Å². The van der Waals surface area contributed by atoms with Gasteiger partial charge in [-0.15, -0.1) is 0 Å². The molecule has 0 saturated heterocycles. The summed E-state index contributed by atoms with van der Waals surface area (Å²) < 4.78 is 24.1. The fourth-order valence-electron chi connectivity index (χ4n) is 2.11. The van der Waals surface area contributed by atoms with Gasteiger partial charge in [-0.05, 0) is 42.3 Å². The number of hydrogen-bond donors (Lipinski definition) is 1. The van der Waals surface area contributed by atoms with Crippen LogP contribution in [-0.2, 0) is 0 Å². The van der Waals surface area contributed by atoms with Crippen LogP contribution in [0.3, 0.4) is 0 Å². The molecule has 0 spiro atoms. The van der Waals surface area contributed by atoms with Crippen molar-refractivity contribution in [2.75, 3.05) is 14.2 Å². The van der Waals surface area contributed by atoms with Gasteiger partial charge in [0.25, 0.3) is 0 Å². The predicted octanol–water partition coefficient (Wildman–Crippen LogP) is 3.23. The smallest absolute Gasteiger partial charge is 0.133 e. The molecule has 2 aromatic carbocycles. The Balaban J connectivity index is 2.38. The highest BCUT2D eigenvalue weighted by atomic mass is 19.1. The maximum Gasteiger partial charge on any atom is 0.133 e. The Morgan fingerprint density at radius 1 is 0.950 bits per heavy atom. The first kappa shape index (κ1) is 14.3. The van der Waals surface area contributed by atoms with Crippen LogP contribution in [0.2, 0.25) is 0 Å². The van der Waals surface area contributed by atoms with Crippen LogP contribution in [0.4, 0.5) is 4.39 Å². The Morgan fingerprint density at radius 3 is 2.00 bits per heavy atom. The van der Waals surface area contributed by atoms with E-state index in [1.54, 1.807) is 31.4 Å². The van der Waals surface area contributed by atoms with Crippen molar-refractivity contribution in [3.8, 4) is 11.5 Å². The van der Waals surface area contributed by atoms with Crippen molar-refractivity contribution in [3.63, 3.8) is 0 Å². The van der Waals surface area contributed by atoms with Gasteiger partial charge in [-0.25, -0.2) is 4.39 Å². The molecule has 0 unspecified atom stereocenters. The number of aliphatic hydroxyl groups is 1. The van der Waals surface area contributed by atoms with Crippen LogP contribution in [0.15, 0.2) is 36.4 Å². The predicted molar refractivity (Wildman–Crippen MR) is 74.7 cm³/mol. The maximum atomic E-state index is 14.0. The monoisotopic (exact) mass is 276 g/mol. The van der Waals surface area contributed by atoms with Crippen molar-refractivity contribution in [1.29, 1.82) is 0 Å². The molecular formula is C16H17FO3. The van der Waals surface area contributed by atoms with E-state index in [0.717, 1.165) is 5.56 Å². The number of halogens is 1. The molecule has 4 heteroatoms. The van der Waals surface area contributed by atoms with Gasteiger partial charge in [-0.1, -0.05) is 6.07 Å². The number of aryl methyl sites for hydroxylation is 1. The average Bonchev–Trinajstić information content (AvgIpc) is 2.46. The summed E-state index contributed by atoms with van der Waals surface area (Å²) in [5, 5.41) is 10.4. The molecule has 1 N–H and O–H groups in total. The lowest BCUT2D eigenvalue weighted by molar-refractivity contribution is 0.214. The quantitative estimate of drug-likeness (QED) is 0.931. The highest BCUT2D eigenvalue weighted by molar-refractivity contribution is 5.41. The van der Waals surface area contributed by atoms with E-state index >= 15 is 0 Å². The zero-order valence-corrected chi connectivity index (χ0v) is 11.7. The second-order valence-corrected chi connectivity index (χ2v) is 4.51. The third kappa shape index (κ3) is 2.75. The Kier molecular flexibility index (Phi) is 4.25. The number of ether oxygens (including phenoxy) is 2. The average molecular weight is 276 g/mol. The second-order valence-electron chi connectivity index (χ2n) is 4.51. The zero-order valence-electron chi connectivity index (χ0n) is 11.7. The molecule has 0 aliphatic rings. The van der Waals surface area contributed by atoms with Crippen LogP contribution in [0.1, 0.15) is 22.8 Å². The molecule has 0 heterocycles. The van der Waals surface area contributed by atoms with Gasteiger partial charge in [-0.3, -0.25) is 0 Å². The van der Waals surface area contributed by atoms with Crippen LogP contribution >= 0.6 is 0 Å². The molecule has 2 aromatic rings. The minimum Gasteiger partial charge on any atom is -0.497 e. The summed E-state index contributed by atoms with van der Waals surface area (Å²) in [6.45, 7) is 1.85. The zero-order chi connectivity index (χ0) is 14.7. The number of hydrogen-bond acceptors (Lipinski definition) is 3. The minimum atomic E-state index is -1.02. The highest BCUT2D eigenvalue weighted by Crippen LogP contribution is 2.30. The largest absolute Gasteiger partial charge is 0.497 e. The van der Waals surface area contributed by atoms with Crippen molar-refractivity contribution in [2.24, 2.45) is 0 Å². The lowest BCUT2D eigenvalue weighted by atomic mass is 9.97. The van der Waals surface area contributed by atoms with Crippen molar-refractivity contribution in [2.45, 2.75) is 13.0 Å². The molecule has 0 amide bonds. The number of aliphatic hydroxyl groups excluding tert-OH is 1. The molecular weight excluding hydrogens is 259 g/mol. The molecule has 106 valence electrons. The molecule has 1 atom stereocenters. The van der Waals surface area contributed by atoms with E-state index in [2.05, 4.69) is 0 Å². The first-order chi connectivity index (χ1) is 9.56. The molecule has 2 rings (SSSR count). The van der Waals surface area contributed by atoms with Gasteiger partial charge in [0, 0.05) is 11.6 Å². The van der Waals surface area contributed by atoms with E-state index in [0.29, 0.717) is 17.1 Å². The molecule has 0 radical (unpaired) electrons. The Hall–Kier alpha value is -2.07. The fourth-order valence-corrected chi connectivity index (χ4v) is 2.11.